The van der Waals surface area contributed by atoms with E-state index in [2.05, 4.69) is 48.3 Å². The number of rotatable bonds is 7. The Kier molecular flexibility index (Phi) is 5.61. The zero-order chi connectivity index (χ0) is 14.5. The van der Waals surface area contributed by atoms with Crippen LogP contribution >= 0.6 is 11.8 Å². The van der Waals surface area contributed by atoms with Crippen molar-refractivity contribution in [3.05, 3.63) is 29.8 Å². The third-order valence-electron chi connectivity index (χ3n) is 4.65. The van der Waals surface area contributed by atoms with Crippen molar-refractivity contribution < 1.29 is 4.74 Å². The fourth-order valence-corrected chi connectivity index (χ4v) is 5.00. The molecule has 1 fully saturated rings. The van der Waals surface area contributed by atoms with Crippen LogP contribution in [-0.4, -0.2) is 30.5 Å². The molecule has 1 aromatic rings. The van der Waals surface area contributed by atoms with E-state index in [-0.39, 0.29) is 0 Å². The van der Waals surface area contributed by atoms with E-state index in [1.54, 1.807) is 0 Å². The maximum absolute atomic E-state index is 5.75. The third kappa shape index (κ3) is 4.02. The van der Waals surface area contributed by atoms with E-state index >= 15 is 0 Å². The molecule has 3 rings (SSSR count). The molecule has 1 aromatic carbocycles. The summed E-state index contributed by atoms with van der Waals surface area (Å²) in [5, 5.41) is 4.42. The van der Waals surface area contributed by atoms with Crippen LogP contribution in [0.2, 0.25) is 0 Å². The second-order valence-electron chi connectivity index (χ2n) is 6.20. The topological polar surface area (TPSA) is 21.3 Å². The largest absolute Gasteiger partial charge is 0.378 e. The maximum Gasteiger partial charge on any atom is 0.0576 e. The van der Waals surface area contributed by atoms with Gasteiger partial charge < -0.3 is 10.1 Å². The van der Waals surface area contributed by atoms with Crippen LogP contribution in [0.4, 0.5) is 0 Å². The van der Waals surface area contributed by atoms with Crippen LogP contribution in [0, 0.1) is 0 Å². The van der Waals surface area contributed by atoms with Gasteiger partial charge in [-0.05, 0) is 56.7 Å². The molecule has 2 nitrogen and oxygen atoms in total. The molecule has 2 aliphatic heterocycles. The van der Waals surface area contributed by atoms with E-state index in [1.807, 2.05) is 0 Å². The minimum absolute atomic E-state index is 0.542. The molecule has 3 heteroatoms. The lowest BCUT2D eigenvalue weighted by Gasteiger charge is -2.24. The average molecular weight is 305 g/mol. The van der Waals surface area contributed by atoms with Crippen molar-refractivity contribution in [2.24, 2.45) is 0 Å². The van der Waals surface area contributed by atoms with Gasteiger partial charge in [0.15, 0.2) is 0 Å². The molecular formula is C18H27NOS. The Hall–Kier alpha value is -0.510. The predicted octanol–water partition coefficient (Wildman–Crippen LogP) is 4.03. The Labute approximate surface area is 133 Å². The number of nitrogens with one attached hydrogen (secondary N) is 1. The monoisotopic (exact) mass is 305 g/mol. The molecule has 0 amide bonds. The Morgan fingerprint density at radius 3 is 3.05 bits per heavy atom. The van der Waals surface area contributed by atoms with Crippen LogP contribution in [0.25, 0.3) is 0 Å². The van der Waals surface area contributed by atoms with Gasteiger partial charge in [0.1, 0.15) is 0 Å². The molecule has 1 saturated heterocycles. The lowest BCUT2D eigenvalue weighted by Crippen LogP contribution is -2.38. The van der Waals surface area contributed by atoms with E-state index in [1.165, 1.54) is 49.0 Å². The molecule has 21 heavy (non-hydrogen) atoms. The quantitative estimate of drug-likeness (QED) is 0.822. The van der Waals surface area contributed by atoms with Crippen LogP contribution in [0.1, 0.15) is 44.6 Å². The van der Waals surface area contributed by atoms with Crippen LogP contribution in [0.3, 0.4) is 0 Å². The Balaban J connectivity index is 1.50. The average Bonchev–Trinajstić information content (AvgIpc) is 3.15. The molecule has 2 aliphatic rings. The first kappa shape index (κ1) is 15.4. The van der Waals surface area contributed by atoms with Gasteiger partial charge in [-0.15, -0.1) is 11.8 Å². The van der Waals surface area contributed by atoms with Crippen LogP contribution in [-0.2, 0) is 11.2 Å². The van der Waals surface area contributed by atoms with Gasteiger partial charge in [-0.3, -0.25) is 0 Å². The van der Waals surface area contributed by atoms with Gasteiger partial charge in [0.05, 0.1) is 6.10 Å². The first-order valence-corrected chi connectivity index (χ1v) is 9.34. The Morgan fingerprint density at radius 1 is 1.38 bits per heavy atom. The number of thioether (sulfide) groups is 1. The predicted molar refractivity (Wildman–Crippen MR) is 90.1 cm³/mol. The first-order chi connectivity index (χ1) is 10.4. The van der Waals surface area contributed by atoms with Crippen molar-refractivity contribution >= 4 is 11.8 Å². The normalized spacial score (nSPS) is 26.0. The van der Waals surface area contributed by atoms with Gasteiger partial charge in [0.25, 0.3) is 0 Å². The summed E-state index contributed by atoms with van der Waals surface area (Å²) < 4.78 is 5.75. The summed E-state index contributed by atoms with van der Waals surface area (Å²) in [5.41, 5.74) is 1.54. The number of fused-ring (bicyclic) bond motifs is 1. The van der Waals surface area contributed by atoms with Crippen LogP contribution in [0.5, 0.6) is 0 Å². The van der Waals surface area contributed by atoms with Crippen molar-refractivity contribution in [2.45, 2.75) is 67.7 Å². The Bertz CT molecular complexity index is 420. The second-order valence-corrected chi connectivity index (χ2v) is 7.48. The highest BCUT2D eigenvalue weighted by Gasteiger charge is 2.28. The van der Waals surface area contributed by atoms with Crippen molar-refractivity contribution in [1.29, 1.82) is 0 Å². The number of hydrogen-bond acceptors (Lipinski definition) is 3. The summed E-state index contributed by atoms with van der Waals surface area (Å²) in [5.74, 6) is 0. The SMILES string of the molecule is CCNC(CCCC1CCCO1)C1Cc2ccccc2S1. The maximum atomic E-state index is 5.75. The van der Waals surface area contributed by atoms with E-state index in [4.69, 9.17) is 4.74 Å². The molecule has 2 heterocycles. The van der Waals surface area contributed by atoms with Gasteiger partial charge in [0, 0.05) is 22.8 Å². The summed E-state index contributed by atoms with van der Waals surface area (Å²) in [6, 6.07) is 9.52. The van der Waals surface area contributed by atoms with Gasteiger partial charge >= 0.3 is 0 Å². The van der Waals surface area contributed by atoms with Crippen LogP contribution < -0.4 is 5.32 Å². The zero-order valence-electron chi connectivity index (χ0n) is 13.0. The summed E-state index contributed by atoms with van der Waals surface area (Å²) in [4.78, 5) is 1.49. The first-order valence-electron chi connectivity index (χ1n) is 8.46. The highest BCUT2D eigenvalue weighted by Crippen LogP contribution is 2.39. The smallest absolute Gasteiger partial charge is 0.0576 e. The van der Waals surface area contributed by atoms with Gasteiger partial charge in [-0.1, -0.05) is 25.1 Å². The molecule has 0 spiro atoms. The molecule has 3 unspecified atom stereocenters. The van der Waals surface area contributed by atoms with Gasteiger partial charge in [-0.2, -0.15) is 0 Å². The molecule has 116 valence electrons. The third-order valence-corrected chi connectivity index (χ3v) is 6.10. The van der Waals surface area contributed by atoms with Crippen LogP contribution in [0.15, 0.2) is 29.2 Å². The lowest BCUT2D eigenvalue weighted by atomic mass is 9.99. The molecule has 1 N–H and O–H groups in total. The number of benzene rings is 1. The molecule has 0 bridgehead atoms. The summed E-state index contributed by atoms with van der Waals surface area (Å²) >= 11 is 2.07. The van der Waals surface area contributed by atoms with Gasteiger partial charge in [0.2, 0.25) is 0 Å². The Morgan fingerprint density at radius 2 is 2.29 bits per heavy atom. The highest BCUT2D eigenvalue weighted by atomic mass is 32.2. The number of hydrogen-bond donors (Lipinski definition) is 1. The molecule has 3 atom stereocenters. The lowest BCUT2D eigenvalue weighted by molar-refractivity contribution is 0.101. The molecule has 0 aromatic heterocycles. The fraction of sp³-hybridized carbons (Fsp3) is 0.667. The summed E-state index contributed by atoms with van der Waals surface area (Å²) in [7, 11) is 0. The minimum Gasteiger partial charge on any atom is -0.378 e. The standard InChI is InChI=1S/C18H27NOS/c1-2-19-16(10-5-8-15-9-6-12-20-15)18-13-14-7-3-4-11-17(14)21-18/h3-4,7,11,15-16,18-19H,2,5-6,8-10,12-13H2,1H3. The van der Waals surface area contributed by atoms with E-state index in [0.717, 1.165) is 13.2 Å². The van der Waals surface area contributed by atoms with Gasteiger partial charge in [-0.25, -0.2) is 0 Å². The van der Waals surface area contributed by atoms with E-state index in [0.29, 0.717) is 17.4 Å². The zero-order valence-corrected chi connectivity index (χ0v) is 13.8. The molecule has 0 saturated carbocycles. The summed E-state index contributed by atoms with van der Waals surface area (Å²) in [6.07, 6.45) is 8.10. The van der Waals surface area contributed by atoms with Crippen molar-refractivity contribution in [1.82, 2.24) is 5.32 Å². The highest BCUT2D eigenvalue weighted by molar-refractivity contribution is 8.00. The molecular weight excluding hydrogens is 278 g/mol. The summed E-state index contributed by atoms with van der Waals surface area (Å²) in [6.45, 7) is 4.27. The number of ether oxygens (including phenoxy) is 1. The van der Waals surface area contributed by atoms with Crippen molar-refractivity contribution in [3.63, 3.8) is 0 Å². The minimum atomic E-state index is 0.542. The molecule has 0 radical (unpaired) electrons. The second kappa shape index (κ2) is 7.66. The molecule has 0 aliphatic carbocycles. The van der Waals surface area contributed by atoms with E-state index < -0.39 is 0 Å². The van der Waals surface area contributed by atoms with Crippen molar-refractivity contribution in [2.75, 3.05) is 13.2 Å². The fourth-order valence-electron chi connectivity index (χ4n) is 3.55. The van der Waals surface area contributed by atoms with Crippen molar-refractivity contribution in [3.8, 4) is 0 Å². The van der Waals surface area contributed by atoms with E-state index in [9.17, 15) is 0 Å².